The maximum atomic E-state index is 12.7. The lowest BCUT2D eigenvalue weighted by Gasteiger charge is -2.25. The Labute approximate surface area is 248 Å². The highest BCUT2D eigenvalue weighted by Gasteiger charge is 2.19. The summed E-state index contributed by atoms with van der Waals surface area (Å²) < 4.78 is 40.1. The highest BCUT2D eigenvalue weighted by atomic mass is 32.2. The minimum Gasteiger partial charge on any atom is -0.744 e. The molecule has 0 fully saturated rings. The number of pyridine rings is 1. The number of phenols is 1. The number of ether oxygens (including phenoxy) is 1. The number of hydrogen-bond acceptors (Lipinski definition) is 8. The SMILES string of the molecule is CCc1cc(CC)c(OCCCCC(C)(C)CNC(=O)c2ccc([NH2+]/N=C/c3ccccc3S(=O)(=O)[O-])nc2)cc1O. The number of phenolic OH excluding ortho intramolecular Hbond substituents is 1. The fourth-order valence-corrected chi connectivity index (χ4v) is 5.04. The van der Waals surface area contributed by atoms with E-state index >= 15 is 0 Å². The Bertz CT molecular complexity index is 1490. The first kappa shape index (κ1) is 32.7. The lowest BCUT2D eigenvalue weighted by molar-refractivity contribution is -0.580. The van der Waals surface area contributed by atoms with Crippen molar-refractivity contribution in [1.82, 2.24) is 10.3 Å². The maximum Gasteiger partial charge on any atom is 0.252 e. The van der Waals surface area contributed by atoms with Gasteiger partial charge in [0.15, 0.2) is 0 Å². The zero-order chi connectivity index (χ0) is 30.8. The van der Waals surface area contributed by atoms with Gasteiger partial charge in [0.2, 0.25) is 0 Å². The van der Waals surface area contributed by atoms with Crippen LogP contribution >= 0.6 is 0 Å². The molecule has 0 bridgehead atoms. The molecule has 10 nitrogen and oxygen atoms in total. The van der Waals surface area contributed by atoms with Crippen molar-refractivity contribution >= 4 is 28.1 Å². The van der Waals surface area contributed by atoms with Crippen molar-refractivity contribution in [2.75, 3.05) is 13.2 Å². The Hall–Kier alpha value is -3.80. The Morgan fingerprint density at radius 1 is 1.12 bits per heavy atom. The van der Waals surface area contributed by atoms with E-state index in [1.165, 1.54) is 36.0 Å². The molecule has 1 amide bonds. The van der Waals surface area contributed by atoms with E-state index in [0.717, 1.165) is 49.0 Å². The number of unbranched alkanes of at least 4 members (excludes halogenated alkanes) is 1. The minimum atomic E-state index is -4.61. The van der Waals surface area contributed by atoms with Crippen molar-refractivity contribution in [3.05, 3.63) is 77.0 Å². The standard InChI is InChI=1S/C31H40N4O6S/c1-5-22-17-23(6-2)27(18-26(22)36)41-16-10-9-15-31(3,4)21-33-30(37)25-13-14-29(32-19-25)35-34-20-24-11-7-8-12-28(24)42(38,39)40/h7-8,11-14,17-20,36H,5-6,9-10,15-16,21H2,1-4H3,(H,32,35)(H,33,37)(H,38,39,40)/b34-20+. The van der Waals surface area contributed by atoms with Gasteiger partial charge in [-0.3, -0.25) is 4.79 Å². The van der Waals surface area contributed by atoms with Crippen LogP contribution in [0.1, 0.15) is 74.0 Å². The third-order valence-electron chi connectivity index (χ3n) is 6.91. The molecule has 0 saturated carbocycles. The van der Waals surface area contributed by atoms with E-state index in [-0.39, 0.29) is 27.5 Å². The van der Waals surface area contributed by atoms with Gasteiger partial charge in [-0.1, -0.05) is 51.0 Å². The van der Waals surface area contributed by atoms with E-state index in [9.17, 15) is 22.9 Å². The second-order valence-electron chi connectivity index (χ2n) is 10.8. The molecule has 2 aromatic carbocycles. The Morgan fingerprint density at radius 2 is 1.86 bits per heavy atom. The van der Waals surface area contributed by atoms with E-state index in [2.05, 4.69) is 36.2 Å². The summed E-state index contributed by atoms with van der Waals surface area (Å²) in [6, 6.07) is 12.8. The first-order valence-electron chi connectivity index (χ1n) is 14.1. The molecule has 11 heteroatoms. The van der Waals surface area contributed by atoms with Gasteiger partial charge in [0.1, 0.15) is 21.6 Å². The second-order valence-corrected chi connectivity index (χ2v) is 12.2. The monoisotopic (exact) mass is 596 g/mol. The Balaban J connectivity index is 1.42. The van der Waals surface area contributed by atoms with Gasteiger partial charge in [0.05, 0.1) is 23.3 Å². The fraction of sp³-hybridized carbons (Fsp3) is 0.387. The average Bonchev–Trinajstić information content (AvgIpc) is 2.96. The first-order valence-corrected chi connectivity index (χ1v) is 15.5. The van der Waals surface area contributed by atoms with Crippen LogP contribution in [0, 0.1) is 5.41 Å². The van der Waals surface area contributed by atoms with E-state index in [1.807, 2.05) is 13.0 Å². The molecule has 1 aromatic heterocycles. The lowest BCUT2D eigenvalue weighted by Crippen LogP contribution is -2.71. The van der Waals surface area contributed by atoms with E-state index < -0.39 is 10.1 Å². The van der Waals surface area contributed by atoms with Gasteiger partial charge in [-0.05, 0) is 66.8 Å². The molecule has 0 aliphatic heterocycles. The summed E-state index contributed by atoms with van der Waals surface area (Å²) in [4.78, 5) is 16.6. The third kappa shape index (κ3) is 9.64. The molecule has 0 radical (unpaired) electrons. The predicted octanol–water partition coefficient (Wildman–Crippen LogP) is 4.05. The Kier molecular flexibility index (Phi) is 11.6. The van der Waals surface area contributed by atoms with Crippen LogP contribution in [0.4, 0.5) is 5.82 Å². The van der Waals surface area contributed by atoms with Crippen LogP contribution in [0.25, 0.3) is 0 Å². The lowest BCUT2D eigenvalue weighted by atomic mass is 9.87. The van der Waals surface area contributed by atoms with Gasteiger partial charge in [-0.15, -0.1) is 0 Å². The van der Waals surface area contributed by atoms with Crippen molar-refractivity contribution in [2.24, 2.45) is 10.5 Å². The van der Waals surface area contributed by atoms with Crippen LogP contribution < -0.4 is 15.5 Å². The average molecular weight is 597 g/mol. The zero-order valence-electron chi connectivity index (χ0n) is 24.6. The van der Waals surface area contributed by atoms with Crippen molar-refractivity contribution in [3.8, 4) is 11.5 Å². The molecule has 0 aliphatic carbocycles. The van der Waals surface area contributed by atoms with Gasteiger partial charge in [0, 0.05) is 30.4 Å². The second kappa shape index (κ2) is 14.9. The van der Waals surface area contributed by atoms with Crippen LogP contribution in [0.5, 0.6) is 11.5 Å². The highest BCUT2D eigenvalue weighted by molar-refractivity contribution is 7.85. The number of amides is 1. The molecule has 0 saturated heterocycles. The van der Waals surface area contributed by atoms with Gasteiger partial charge < -0.3 is 19.7 Å². The fourth-order valence-electron chi connectivity index (χ4n) is 4.38. The maximum absolute atomic E-state index is 12.7. The number of rotatable bonds is 15. The summed E-state index contributed by atoms with van der Waals surface area (Å²) in [6.07, 6.45) is 7.04. The van der Waals surface area contributed by atoms with Gasteiger partial charge in [-0.25, -0.2) is 13.4 Å². The molecule has 0 spiro atoms. The zero-order valence-corrected chi connectivity index (χ0v) is 25.4. The molecule has 0 aliphatic rings. The van der Waals surface area contributed by atoms with Crippen LogP contribution in [0.15, 0.2) is 64.7 Å². The number of hydrogen-bond donors (Lipinski definition) is 3. The number of nitrogens with zero attached hydrogens (tertiary/aromatic N) is 2. The van der Waals surface area contributed by atoms with Crippen molar-refractivity contribution in [1.29, 1.82) is 0 Å². The summed E-state index contributed by atoms with van der Waals surface area (Å²) in [5, 5.41) is 17.2. The first-order chi connectivity index (χ1) is 19.9. The number of aryl methyl sites for hydroxylation is 2. The molecule has 0 atom stereocenters. The van der Waals surface area contributed by atoms with Crippen LogP contribution in [0.3, 0.4) is 0 Å². The van der Waals surface area contributed by atoms with E-state index in [0.29, 0.717) is 24.5 Å². The van der Waals surface area contributed by atoms with Crippen molar-refractivity contribution in [3.63, 3.8) is 0 Å². The van der Waals surface area contributed by atoms with Gasteiger partial charge in [-0.2, -0.15) is 5.43 Å². The van der Waals surface area contributed by atoms with Crippen molar-refractivity contribution < 1.29 is 33.0 Å². The quantitative estimate of drug-likeness (QED) is 0.0785. The summed E-state index contributed by atoms with van der Waals surface area (Å²) >= 11 is 0. The number of nitrogens with two attached hydrogens (primary N) is 1. The normalized spacial score (nSPS) is 12.0. The molecule has 3 aromatic rings. The Morgan fingerprint density at radius 3 is 2.52 bits per heavy atom. The molecule has 3 rings (SSSR count). The van der Waals surface area contributed by atoms with Crippen LogP contribution in [-0.4, -0.2) is 48.3 Å². The van der Waals surface area contributed by atoms with Crippen LogP contribution in [0.2, 0.25) is 0 Å². The molecule has 0 unspecified atom stereocenters. The predicted molar refractivity (Wildman–Crippen MR) is 160 cm³/mol. The number of quaternary nitrogens is 1. The molecule has 42 heavy (non-hydrogen) atoms. The molecular formula is C31H40N4O6S. The number of aromatic hydroxyl groups is 1. The van der Waals surface area contributed by atoms with E-state index in [1.54, 1.807) is 24.3 Å². The molecule has 1 heterocycles. The number of nitrogens with one attached hydrogen (secondary N) is 1. The topological polar surface area (TPSA) is 158 Å². The summed E-state index contributed by atoms with van der Waals surface area (Å²) in [5.74, 6) is 1.25. The van der Waals surface area contributed by atoms with Gasteiger partial charge in [0.25, 0.3) is 11.7 Å². The van der Waals surface area contributed by atoms with Crippen molar-refractivity contribution in [2.45, 2.75) is 64.7 Å². The number of carbonyl (C=O) groups is 1. The summed E-state index contributed by atoms with van der Waals surface area (Å²) in [5.41, 5.74) is 3.91. The third-order valence-corrected chi connectivity index (χ3v) is 7.82. The summed E-state index contributed by atoms with van der Waals surface area (Å²) in [6.45, 7) is 9.36. The van der Waals surface area contributed by atoms with Crippen LogP contribution in [-0.2, 0) is 23.0 Å². The summed E-state index contributed by atoms with van der Waals surface area (Å²) in [7, 11) is -4.61. The molecule has 226 valence electrons. The smallest absolute Gasteiger partial charge is 0.252 e. The largest absolute Gasteiger partial charge is 0.744 e. The van der Waals surface area contributed by atoms with E-state index in [4.69, 9.17) is 4.74 Å². The minimum absolute atomic E-state index is 0.116. The van der Waals surface area contributed by atoms with Gasteiger partial charge >= 0.3 is 0 Å². The highest BCUT2D eigenvalue weighted by Crippen LogP contribution is 2.30. The number of benzene rings is 2. The number of carbonyl (C=O) groups excluding carboxylic acids is 1. The molecular weight excluding hydrogens is 556 g/mol. The molecule has 4 N–H and O–H groups in total. The number of aromatic nitrogens is 1.